The second-order valence-corrected chi connectivity index (χ2v) is 14.9. The SMILES string of the molecule is C=C(C)C(=O)OCCCCCC(=O)OCCCCCC(=O)OCCCCCCOc1ccccc1C(=O)Oc1ccc(C2CCC(CCCCC)CC2)cc1. The van der Waals surface area contributed by atoms with Crippen molar-refractivity contribution in [1.29, 1.82) is 0 Å². The zero-order valence-electron chi connectivity index (χ0n) is 33.6. The van der Waals surface area contributed by atoms with E-state index >= 15 is 0 Å². The van der Waals surface area contributed by atoms with Crippen molar-refractivity contribution in [3.05, 3.63) is 71.8 Å². The van der Waals surface area contributed by atoms with Crippen molar-refractivity contribution < 1.29 is 42.9 Å². The molecule has 0 spiro atoms. The summed E-state index contributed by atoms with van der Waals surface area (Å²) in [5, 5.41) is 0. The summed E-state index contributed by atoms with van der Waals surface area (Å²) < 4.78 is 27.4. The van der Waals surface area contributed by atoms with E-state index in [1.165, 1.54) is 56.9 Å². The van der Waals surface area contributed by atoms with Crippen LogP contribution in [0.1, 0.15) is 164 Å². The zero-order valence-corrected chi connectivity index (χ0v) is 33.6. The molecule has 2 aromatic carbocycles. The van der Waals surface area contributed by atoms with Crippen LogP contribution in [0.3, 0.4) is 0 Å². The third kappa shape index (κ3) is 19.3. The molecule has 1 aliphatic rings. The minimum Gasteiger partial charge on any atom is -0.493 e. The quantitative estimate of drug-likeness (QED) is 0.0275. The molecule has 0 aliphatic heterocycles. The molecule has 0 heterocycles. The van der Waals surface area contributed by atoms with Gasteiger partial charge < -0.3 is 23.7 Å². The summed E-state index contributed by atoms with van der Waals surface area (Å²) in [7, 11) is 0. The molecular formula is C46H66O9. The molecule has 0 radical (unpaired) electrons. The van der Waals surface area contributed by atoms with Crippen LogP contribution in [0.25, 0.3) is 0 Å². The van der Waals surface area contributed by atoms with E-state index in [9.17, 15) is 19.2 Å². The Balaban J connectivity index is 1.17. The van der Waals surface area contributed by atoms with Crippen molar-refractivity contribution in [2.45, 2.75) is 148 Å². The summed E-state index contributed by atoms with van der Waals surface area (Å²) in [6.45, 7) is 8.95. The van der Waals surface area contributed by atoms with Crippen LogP contribution in [0.5, 0.6) is 11.5 Å². The van der Waals surface area contributed by atoms with Crippen LogP contribution in [-0.2, 0) is 28.6 Å². The summed E-state index contributed by atoms with van der Waals surface area (Å²) in [5.41, 5.74) is 2.12. The average Bonchev–Trinajstić information content (AvgIpc) is 3.19. The monoisotopic (exact) mass is 762 g/mol. The summed E-state index contributed by atoms with van der Waals surface area (Å²) >= 11 is 0. The maximum atomic E-state index is 13.1. The fraction of sp³-hybridized carbons (Fsp3) is 0.609. The second-order valence-electron chi connectivity index (χ2n) is 14.9. The number of ether oxygens (including phenoxy) is 5. The van der Waals surface area contributed by atoms with Gasteiger partial charge in [0, 0.05) is 18.4 Å². The van der Waals surface area contributed by atoms with Gasteiger partial charge in [-0.1, -0.05) is 63.5 Å². The van der Waals surface area contributed by atoms with E-state index in [2.05, 4.69) is 25.6 Å². The van der Waals surface area contributed by atoms with Crippen LogP contribution < -0.4 is 9.47 Å². The van der Waals surface area contributed by atoms with Gasteiger partial charge in [-0.2, -0.15) is 0 Å². The van der Waals surface area contributed by atoms with Crippen LogP contribution in [0, 0.1) is 5.92 Å². The highest BCUT2D eigenvalue weighted by molar-refractivity contribution is 5.94. The molecular weight excluding hydrogens is 696 g/mol. The van der Waals surface area contributed by atoms with Gasteiger partial charge in [0.15, 0.2) is 0 Å². The predicted molar refractivity (Wildman–Crippen MR) is 215 cm³/mol. The Morgan fingerprint density at radius 3 is 1.80 bits per heavy atom. The Bertz CT molecular complexity index is 1430. The molecule has 3 rings (SSSR count). The van der Waals surface area contributed by atoms with E-state index in [4.69, 9.17) is 23.7 Å². The van der Waals surface area contributed by atoms with Gasteiger partial charge in [0.25, 0.3) is 0 Å². The van der Waals surface area contributed by atoms with Crippen LogP contribution >= 0.6 is 0 Å². The van der Waals surface area contributed by atoms with Gasteiger partial charge in [0.2, 0.25) is 0 Å². The van der Waals surface area contributed by atoms with Crippen LogP contribution in [-0.4, -0.2) is 50.3 Å². The minimum absolute atomic E-state index is 0.205. The lowest BCUT2D eigenvalue weighted by Crippen LogP contribution is -2.14. The standard InChI is InChI=1S/C46H66O9/c1-4-5-10-19-37-24-26-38(27-25-37)39-28-30-40(31-29-39)55-46(50)41-20-13-14-21-42(41)51-32-15-6-7-16-33-52-43(47)22-11-8-17-34-53-44(48)23-12-9-18-35-54-45(49)36(2)3/h13-14,20-21,28-31,37-38H,2,4-12,15-19,22-27,32-35H2,1,3H3. The van der Waals surface area contributed by atoms with Gasteiger partial charge in [-0.05, 0) is 138 Å². The third-order valence-electron chi connectivity index (χ3n) is 10.2. The predicted octanol–water partition coefficient (Wildman–Crippen LogP) is 11.0. The van der Waals surface area contributed by atoms with Gasteiger partial charge in [-0.3, -0.25) is 9.59 Å². The molecule has 0 aromatic heterocycles. The first-order valence-corrected chi connectivity index (χ1v) is 20.9. The van der Waals surface area contributed by atoms with Crippen molar-refractivity contribution in [1.82, 2.24) is 0 Å². The molecule has 0 bridgehead atoms. The molecule has 55 heavy (non-hydrogen) atoms. The minimum atomic E-state index is -0.429. The normalized spacial score (nSPS) is 15.2. The second kappa shape index (κ2) is 27.4. The van der Waals surface area contributed by atoms with Crippen molar-refractivity contribution >= 4 is 23.9 Å². The number of rotatable bonds is 28. The maximum Gasteiger partial charge on any atom is 0.347 e. The lowest BCUT2D eigenvalue weighted by atomic mass is 9.77. The number of unbranched alkanes of at least 4 members (excludes halogenated alkanes) is 9. The summed E-state index contributed by atoms with van der Waals surface area (Å²) in [6.07, 6.45) is 18.9. The number of carbonyl (C=O) groups is 4. The number of benzene rings is 2. The van der Waals surface area contributed by atoms with Gasteiger partial charge in [0.1, 0.15) is 17.1 Å². The molecule has 9 heteroatoms. The molecule has 0 amide bonds. The molecule has 9 nitrogen and oxygen atoms in total. The van der Waals surface area contributed by atoms with E-state index < -0.39 is 5.97 Å². The van der Waals surface area contributed by atoms with Gasteiger partial charge in [-0.25, -0.2) is 9.59 Å². The molecule has 1 saturated carbocycles. The first kappa shape index (κ1) is 45.3. The lowest BCUT2D eigenvalue weighted by Gasteiger charge is -2.29. The van der Waals surface area contributed by atoms with Crippen LogP contribution in [0.15, 0.2) is 60.7 Å². The molecule has 0 atom stereocenters. The van der Waals surface area contributed by atoms with Gasteiger partial charge in [-0.15, -0.1) is 0 Å². The lowest BCUT2D eigenvalue weighted by molar-refractivity contribution is -0.145. The van der Waals surface area contributed by atoms with Gasteiger partial charge >= 0.3 is 23.9 Å². The highest BCUT2D eigenvalue weighted by Gasteiger charge is 2.22. The van der Waals surface area contributed by atoms with Crippen LogP contribution in [0.2, 0.25) is 0 Å². The Hall–Kier alpha value is -4.14. The first-order chi connectivity index (χ1) is 26.8. The molecule has 1 fully saturated rings. The third-order valence-corrected chi connectivity index (χ3v) is 10.2. The molecule has 304 valence electrons. The summed E-state index contributed by atoms with van der Waals surface area (Å²) in [4.78, 5) is 48.3. The average molecular weight is 763 g/mol. The van der Waals surface area contributed by atoms with E-state index in [0.29, 0.717) is 93.5 Å². The van der Waals surface area contributed by atoms with Crippen molar-refractivity contribution in [3.8, 4) is 11.5 Å². The molecule has 0 saturated heterocycles. The van der Waals surface area contributed by atoms with Crippen molar-refractivity contribution in [2.24, 2.45) is 5.92 Å². The molecule has 0 unspecified atom stereocenters. The van der Waals surface area contributed by atoms with Gasteiger partial charge in [0.05, 0.1) is 26.4 Å². The zero-order chi connectivity index (χ0) is 39.5. The fourth-order valence-electron chi connectivity index (χ4n) is 6.84. The molecule has 1 aliphatic carbocycles. The highest BCUT2D eigenvalue weighted by atomic mass is 16.5. The van der Waals surface area contributed by atoms with Crippen molar-refractivity contribution in [2.75, 3.05) is 26.4 Å². The largest absolute Gasteiger partial charge is 0.493 e. The van der Waals surface area contributed by atoms with E-state index in [1.807, 2.05) is 24.3 Å². The van der Waals surface area contributed by atoms with E-state index in [0.717, 1.165) is 44.4 Å². The Morgan fingerprint density at radius 2 is 1.20 bits per heavy atom. The summed E-state index contributed by atoms with van der Waals surface area (Å²) in [5.74, 6) is 1.27. The van der Waals surface area contributed by atoms with E-state index in [1.54, 1.807) is 19.1 Å². The maximum absolute atomic E-state index is 13.1. The smallest absolute Gasteiger partial charge is 0.347 e. The van der Waals surface area contributed by atoms with E-state index in [-0.39, 0.29) is 17.9 Å². The highest BCUT2D eigenvalue weighted by Crippen LogP contribution is 2.38. The first-order valence-electron chi connectivity index (χ1n) is 20.9. The molecule has 0 N–H and O–H groups in total. The van der Waals surface area contributed by atoms with Crippen LogP contribution in [0.4, 0.5) is 0 Å². The number of carbonyl (C=O) groups excluding carboxylic acids is 4. The summed E-state index contributed by atoms with van der Waals surface area (Å²) in [6, 6.07) is 15.2. The number of hydrogen-bond acceptors (Lipinski definition) is 9. The molecule has 2 aromatic rings. The van der Waals surface area contributed by atoms with Crippen molar-refractivity contribution in [3.63, 3.8) is 0 Å². The Morgan fingerprint density at radius 1 is 0.636 bits per heavy atom. The fourth-order valence-corrected chi connectivity index (χ4v) is 6.84. The number of para-hydroxylation sites is 1. The number of hydrogen-bond donors (Lipinski definition) is 0. The topological polar surface area (TPSA) is 114 Å². The number of esters is 4. The Labute approximate surface area is 329 Å². The Kier molecular flexibility index (Phi) is 22.6.